The Balaban J connectivity index is 1.40. The van der Waals surface area contributed by atoms with Crippen molar-refractivity contribution in [3.05, 3.63) is 59.1 Å². The van der Waals surface area contributed by atoms with E-state index in [1.165, 1.54) is 57.8 Å². The number of rotatable bonds is 14. The molecule has 4 nitrogen and oxygen atoms in total. The Hall–Kier alpha value is -2.67. The number of halogens is 3. The number of alkyl halides is 3. The van der Waals surface area contributed by atoms with Gasteiger partial charge in [0.1, 0.15) is 11.5 Å². The largest absolute Gasteiger partial charge is 0.490 e. The number of likely N-dealkylation sites (tertiary alicyclic amines) is 1. The molecule has 0 bridgehead atoms. The van der Waals surface area contributed by atoms with Crippen LogP contribution in [0, 0.1) is 18.8 Å². The zero-order valence-corrected chi connectivity index (χ0v) is 28.2. The number of nitrogens with zero attached hydrogens (tertiary/aromatic N) is 1. The predicted molar refractivity (Wildman–Crippen MR) is 180 cm³/mol. The summed E-state index contributed by atoms with van der Waals surface area (Å²) in [4.78, 5) is 2.42. The Morgan fingerprint density at radius 3 is 2.33 bits per heavy atom. The molecular formula is C39H54F3NO3. The quantitative estimate of drug-likeness (QED) is 0.192. The fourth-order valence-electron chi connectivity index (χ4n) is 7.64. The number of allylic oxidation sites excluding steroid dienone is 4. The van der Waals surface area contributed by atoms with Crippen LogP contribution in [0.4, 0.5) is 13.2 Å². The van der Waals surface area contributed by atoms with Gasteiger partial charge in [0, 0.05) is 12.1 Å². The summed E-state index contributed by atoms with van der Waals surface area (Å²) in [5.41, 5.74) is 4.22. The molecule has 2 aliphatic carbocycles. The maximum atomic E-state index is 13.4. The lowest BCUT2D eigenvalue weighted by atomic mass is 9.77. The van der Waals surface area contributed by atoms with Crippen LogP contribution in [0.1, 0.15) is 126 Å². The summed E-state index contributed by atoms with van der Waals surface area (Å²) >= 11 is 0. The number of benzene rings is 1. The number of fused-ring (bicyclic) bond motifs is 1. The molecule has 0 N–H and O–H groups in total. The van der Waals surface area contributed by atoms with Crippen LogP contribution in [0.2, 0.25) is 0 Å². The van der Waals surface area contributed by atoms with Crippen molar-refractivity contribution < 1.29 is 27.1 Å². The monoisotopic (exact) mass is 641 g/mol. The van der Waals surface area contributed by atoms with Crippen molar-refractivity contribution in [2.24, 2.45) is 11.8 Å². The summed E-state index contributed by atoms with van der Waals surface area (Å²) in [5.74, 6) is 4.04. The topological polar surface area (TPSA) is 34.8 Å². The second-order valence-electron chi connectivity index (χ2n) is 14.0. The van der Waals surface area contributed by atoms with E-state index < -0.39 is 12.8 Å². The zero-order chi connectivity index (χ0) is 32.5. The van der Waals surface area contributed by atoms with Crippen LogP contribution in [0.5, 0.6) is 11.5 Å². The summed E-state index contributed by atoms with van der Waals surface area (Å²) in [6.07, 6.45) is 15.0. The minimum Gasteiger partial charge on any atom is -0.490 e. The lowest BCUT2D eigenvalue weighted by Gasteiger charge is -2.28. The number of ether oxygens (including phenoxy) is 2. The van der Waals surface area contributed by atoms with Crippen molar-refractivity contribution in [2.45, 2.75) is 116 Å². The molecule has 1 aromatic heterocycles. The predicted octanol–water partition coefficient (Wildman–Crippen LogP) is 11.1. The van der Waals surface area contributed by atoms with Crippen LogP contribution < -0.4 is 9.47 Å². The van der Waals surface area contributed by atoms with Crippen molar-refractivity contribution in [1.29, 1.82) is 0 Å². The van der Waals surface area contributed by atoms with E-state index in [9.17, 15) is 13.2 Å². The highest BCUT2D eigenvalue weighted by Crippen LogP contribution is 2.43. The van der Waals surface area contributed by atoms with Crippen LogP contribution in [-0.4, -0.2) is 43.9 Å². The molecule has 5 rings (SSSR count). The maximum Gasteiger partial charge on any atom is 0.422 e. The average Bonchev–Trinajstić information content (AvgIpc) is 3.71. The van der Waals surface area contributed by atoms with E-state index in [0.717, 1.165) is 90.9 Å². The molecule has 1 unspecified atom stereocenters. The van der Waals surface area contributed by atoms with Gasteiger partial charge in [-0.3, -0.25) is 0 Å². The minimum atomic E-state index is -4.44. The molecule has 0 spiro atoms. The van der Waals surface area contributed by atoms with Crippen LogP contribution in [0.25, 0.3) is 11.1 Å². The summed E-state index contributed by atoms with van der Waals surface area (Å²) in [5, 5.41) is 0. The first kappa shape index (κ1) is 34.7. The van der Waals surface area contributed by atoms with E-state index in [4.69, 9.17) is 13.9 Å². The van der Waals surface area contributed by atoms with Crippen LogP contribution >= 0.6 is 0 Å². The van der Waals surface area contributed by atoms with Gasteiger partial charge in [-0.1, -0.05) is 64.9 Å². The van der Waals surface area contributed by atoms with Crippen molar-refractivity contribution in [2.75, 3.05) is 32.8 Å². The summed E-state index contributed by atoms with van der Waals surface area (Å²) in [6, 6.07) is 7.77. The molecule has 1 saturated carbocycles. The summed E-state index contributed by atoms with van der Waals surface area (Å²) < 4.78 is 57.9. The molecule has 2 aromatic rings. The highest BCUT2D eigenvalue weighted by atomic mass is 19.4. The first-order valence-electron chi connectivity index (χ1n) is 17.9. The van der Waals surface area contributed by atoms with E-state index >= 15 is 0 Å². The Morgan fingerprint density at radius 2 is 1.65 bits per heavy atom. The molecule has 1 aromatic carbocycles. The standard InChI is InChI=1S/C39H54F3NO3/c1-4-9-30-14-16-31(17-15-30)10-7-11-32-24-33(36-19-13-29(3)46-36)18-12-28(2)34-25-37(44-23-8-22-43-20-5-6-21-43)38(26-35(32)34)45-27-39(40,41)42/h13,18-19,24-26,28,30-31H,4-12,14-17,20-23,27H2,1-3H3/b32-24-,33-18-. The maximum absolute atomic E-state index is 13.4. The number of hydrogen-bond donors (Lipinski definition) is 0. The molecule has 7 heteroatoms. The summed E-state index contributed by atoms with van der Waals surface area (Å²) in [6.45, 7) is 8.67. The number of aryl methyl sites for hydroxylation is 1. The van der Waals surface area contributed by atoms with Crippen molar-refractivity contribution in [3.8, 4) is 11.5 Å². The molecule has 0 amide bonds. The molecule has 1 saturated heterocycles. The molecule has 1 aliphatic heterocycles. The van der Waals surface area contributed by atoms with Crippen molar-refractivity contribution in [3.63, 3.8) is 0 Å². The highest BCUT2D eigenvalue weighted by Gasteiger charge is 2.30. The second kappa shape index (κ2) is 16.4. The Bertz CT molecular complexity index is 1310. The van der Waals surface area contributed by atoms with Gasteiger partial charge in [0.2, 0.25) is 0 Å². The SMILES string of the molecule is CCCC1CCC(CCC/C2=C/C(c3ccc(C)o3)=C/CC(C)c3cc(OCCCN4CCCC4)c(OCC(F)(F)F)cc32)CC1. The molecule has 2 heterocycles. The average molecular weight is 642 g/mol. The molecule has 254 valence electrons. The Kier molecular flexibility index (Phi) is 12.4. The van der Waals surface area contributed by atoms with Gasteiger partial charge in [-0.25, -0.2) is 0 Å². The first-order chi connectivity index (χ1) is 22.2. The van der Waals surface area contributed by atoms with E-state index in [2.05, 4.69) is 30.9 Å². The van der Waals surface area contributed by atoms with Crippen LogP contribution in [-0.2, 0) is 0 Å². The van der Waals surface area contributed by atoms with Gasteiger partial charge < -0.3 is 18.8 Å². The minimum absolute atomic E-state index is 0.141. The smallest absolute Gasteiger partial charge is 0.422 e. The van der Waals surface area contributed by atoms with Crippen molar-refractivity contribution >= 4 is 11.1 Å². The Morgan fingerprint density at radius 1 is 0.935 bits per heavy atom. The van der Waals surface area contributed by atoms with Crippen molar-refractivity contribution in [1.82, 2.24) is 4.90 Å². The van der Waals surface area contributed by atoms with Gasteiger partial charge in [0.25, 0.3) is 0 Å². The highest BCUT2D eigenvalue weighted by molar-refractivity contribution is 5.85. The molecule has 0 radical (unpaired) electrons. The molecule has 1 atom stereocenters. The van der Waals surface area contributed by atoms with Gasteiger partial charge in [-0.15, -0.1) is 0 Å². The van der Waals surface area contributed by atoms with Gasteiger partial charge in [-0.2, -0.15) is 13.2 Å². The van der Waals surface area contributed by atoms with E-state index in [1.807, 2.05) is 31.2 Å². The molecule has 3 aliphatic rings. The Labute approximate surface area is 274 Å². The van der Waals surface area contributed by atoms with Gasteiger partial charge in [0.05, 0.1) is 6.61 Å². The van der Waals surface area contributed by atoms with Crippen LogP contribution in [0.15, 0.2) is 40.8 Å². The fourth-order valence-corrected chi connectivity index (χ4v) is 7.64. The van der Waals surface area contributed by atoms with E-state index in [0.29, 0.717) is 12.4 Å². The van der Waals surface area contributed by atoms with E-state index in [1.54, 1.807) is 0 Å². The number of furan rings is 1. The van der Waals surface area contributed by atoms with Gasteiger partial charge >= 0.3 is 6.18 Å². The summed E-state index contributed by atoms with van der Waals surface area (Å²) in [7, 11) is 0. The zero-order valence-electron chi connectivity index (χ0n) is 28.2. The first-order valence-corrected chi connectivity index (χ1v) is 17.9. The van der Waals surface area contributed by atoms with Gasteiger partial charge in [-0.05, 0) is 123 Å². The van der Waals surface area contributed by atoms with Crippen LogP contribution in [0.3, 0.4) is 0 Å². The molecular weight excluding hydrogens is 587 g/mol. The fraction of sp³-hybridized carbons (Fsp3) is 0.641. The third kappa shape index (κ3) is 9.92. The third-order valence-corrected chi connectivity index (χ3v) is 10.2. The lowest BCUT2D eigenvalue weighted by Crippen LogP contribution is -2.22. The van der Waals surface area contributed by atoms with Gasteiger partial charge in [0.15, 0.2) is 18.1 Å². The second-order valence-corrected chi connectivity index (χ2v) is 14.0. The normalized spacial score (nSPS) is 24.8. The molecule has 46 heavy (non-hydrogen) atoms. The molecule has 2 fully saturated rings. The van der Waals surface area contributed by atoms with E-state index in [-0.39, 0.29) is 11.7 Å². The number of hydrogen-bond acceptors (Lipinski definition) is 4. The third-order valence-electron chi connectivity index (χ3n) is 10.2. The lowest BCUT2D eigenvalue weighted by molar-refractivity contribution is -0.153.